The molecule has 4 heterocycles. The van der Waals surface area contributed by atoms with Crippen LogP contribution in [0, 0.1) is 24.6 Å². The minimum Gasteiger partial charge on any atom is -0.481 e. The van der Waals surface area contributed by atoms with Gasteiger partial charge in [0.2, 0.25) is 18.1 Å². The molecule has 4 atom stereocenters. The highest BCUT2D eigenvalue weighted by Gasteiger charge is 2.61. The van der Waals surface area contributed by atoms with Crippen molar-refractivity contribution in [3.8, 4) is 17.1 Å². The third-order valence-electron chi connectivity index (χ3n) is 9.62. The van der Waals surface area contributed by atoms with Crippen molar-refractivity contribution in [1.29, 1.82) is 0 Å². The normalized spacial score (nSPS) is 32.1. The number of alkyl halides is 3. The molecule has 2 aliphatic heterocycles. The molecule has 4 N–H and O–H groups in total. The molecule has 4 unspecified atom stereocenters. The quantitative estimate of drug-likeness (QED) is 0.271. The largest absolute Gasteiger partial charge is 0.481 e. The minimum absolute atomic E-state index is 0.0347. The van der Waals surface area contributed by atoms with Crippen molar-refractivity contribution in [2.24, 2.45) is 11.8 Å². The zero-order chi connectivity index (χ0) is 31.4. The average molecular weight is 625 g/mol. The molecule has 4 fully saturated rings. The molecule has 2 aromatic heterocycles. The molecule has 2 saturated heterocycles. The lowest BCUT2D eigenvalue weighted by Gasteiger charge is -2.38. The van der Waals surface area contributed by atoms with E-state index in [0.29, 0.717) is 50.2 Å². The summed E-state index contributed by atoms with van der Waals surface area (Å²) in [6.07, 6.45) is -3.78. The van der Waals surface area contributed by atoms with Crippen molar-refractivity contribution in [2.75, 3.05) is 26.8 Å². The molecule has 240 valence electrons. The maximum absolute atomic E-state index is 15.1. The van der Waals surface area contributed by atoms with Gasteiger partial charge in [-0.05, 0) is 64.5 Å². The first-order valence-electron chi connectivity index (χ1n) is 14.9. The van der Waals surface area contributed by atoms with E-state index in [2.05, 4.69) is 26.0 Å². The number of aromatic nitrogens is 3. The van der Waals surface area contributed by atoms with E-state index >= 15 is 4.39 Å². The Hall–Kier alpha value is -3.14. The van der Waals surface area contributed by atoms with Gasteiger partial charge in [-0.15, -0.1) is 0 Å². The van der Waals surface area contributed by atoms with E-state index in [1.54, 1.807) is 13.0 Å². The number of Topliss-reactive ketones (excluding diaryl/α,β-unsaturated/α-hetero) is 1. The fourth-order valence-corrected chi connectivity index (χ4v) is 6.96. The topological polar surface area (TPSA) is 140 Å². The maximum atomic E-state index is 15.1. The lowest BCUT2D eigenvalue weighted by molar-refractivity contribution is -0.270. The summed E-state index contributed by atoms with van der Waals surface area (Å²) in [5.74, 6) is -1.73. The van der Waals surface area contributed by atoms with Gasteiger partial charge in [0.15, 0.2) is 17.2 Å². The molecule has 2 aromatic rings. The number of nitrogens with one attached hydrogen (secondary N) is 3. The first-order valence-corrected chi connectivity index (χ1v) is 14.9. The second-order valence-corrected chi connectivity index (χ2v) is 12.4. The molecule has 0 radical (unpaired) electrons. The molecule has 0 aromatic carbocycles. The summed E-state index contributed by atoms with van der Waals surface area (Å²) < 4.78 is 67.1. The second kappa shape index (κ2) is 11.3. The SMILES string of the molecule is COc1ncc(F)c(-c2cc(C(=O)C3CC34CC(C(=O)NC3CCC(O)(C(F)(F)F)CC3)CCN4)nn2C2NCCO2)c1C. The number of carbonyl (C=O) groups is 2. The van der Waals surface area contributed by atoms with Crippen LogP contribution in [0.5, 0.6) is 5.88 Å². The number of halogens is 4. The summed E-state index contributed by atoms with van der Waals surface area (Å²) in [7, 11) is 1.44. The van der Waals surface area contributed by atoms with Crippen molar-refractivity contribution in [1.82, 2.24) is 30.7 Å². The highest BCUT2D eigenvalue weighted by atomic mass is 19.4. The van der Waals surface area contributed by atoms with E-state index in [0.717, 1.165) is 6.20 Å². The maximum Gasteiger partial charge on any atom is 0.417 e. The molecule has 2 saturated carbocycles. The van der Waals surface area contributed by atoms with Crippen LogP contribution in [0.4, 0.5) is 17.6 Å². The van der Waals surface area contributed by atoms with Crippen LogP contribution in [0.2, 0.25) is 0 Å². The monoisotopic (exact) mass is 624 g/mol. The van der Waals surface area contributed by atoms with Gasteiger partial charge in [0.1, 0.15) is 5.69 Å². The Labute approximate surface area is 251 Å². The van der Waals surface area contributed by atoms with E-state index in [4.69, 9.17) is 9.47 Å². The van der Waals surface area contributed by atoms with Gasteiger partial charge in [-0.3, -0.25) is 14.9 Å². The van der Waals surface area contributed by atoms with Crippen molar-refractivity contribution in [3.63, 3.8) is 0 Å². The third-order valence-corrected chi connectivity index (χ3v) is 9.62. The van der Waals surface area contributed by atoms with Gasteiger partial charge >= 0.3 is 6.18 Å². The summed E-state index contributed by atoms with van der Waals surface area (Å²) in [5, 5.41) is 23.9. The molecule has 4 aliphatic rings. The molecule has 44 heavy (non-hydrogen) atoms. The third kappa shape index (κ3) is 5.48. The van der Waals surface area contributed by atoms with E-state index < -0.39 is 60.2 Å². The minimum atomic E-state index is -4.70. The summed E-state index contributed by atoms with van der Waals surface area (Å²) in [5.41, 5.74) is -2.21. The Morgan fingerprint density at radius 1 is 1.20 bits per heavy atom. The summed E-state index contributed by atoms with van der Waals surface area (Å²) in [4.78, 5) is 30.9. The molecule has 2 aliphatic carbocycles. The number of ketones is 1. The predicted molar refractivity (Wildman–Crippen MR) is 147 cm³/mol. The van der Waals surface area contributed by atoms with Crippen molar-refractivity contribution < 1.29 is 41.7 Å². The number of methoxy groups -OCH3 is 1. The number of rotatable bonds is 7. The molecular formula is C29H36F4N6O5. The number of aliphatic hydroxyl groups is 1. The van der Waals surface area contributed by atoms with Gasteiger partial charge in [0.05, 0.1) is 25.6 Å². The molecule has 11 nitrogen and oxygen atoms in total. The van der Waals surface area contributed by atoms with Gasteiger partial charge in [-0.25, -0.2) is 14.1 Å². The van der Waals surface area contributed by atoms with Gasteiger partial charge in [-0.1, -0.05) is 0 Å². The summed E-state index contributed by atoms with van der Waals surface area (Å²) in [6.45, 7) is 3.14. The summed E-state index contributed by atoms with van der Waals surface area (Å²) >= 11 is 0. The second-order valence-electron chi connectivity index (χ2n) is 12.4. The van der Waals surface area contributed by atoms with Crippen LogP contribution >= 0.6 is 0 Å². The van der Waals surface area contributed by atoms with E-state index in [1.165, 1.54) is 11.8 Å². The number of piperidine rings is 1. The molecule has 1 amide bonds. The van der Waals surface area contributed by atoms with Crippen LogP contribution < -0.4 is 20.7 Å². The van der Waals surface area contributed by atoms with E-state index in [9.17, 15) is 27.9 Å². The zero-order valence-corrected chi connectivity index (χ0v) is 24.5. The predicted octanol–water partition coefficient (Wildman–Crippen LogP) is 2.77. The number of hydrogen-bond acceptors (Lipinski definition) is 9. The van der Waals surface area contributed by atoms with Crippen LogP contribution in [0.15, 0.2) is 12.3 Å². The Morgan fingerprint density at radius 2 is 1.95 bits per heavy atom. The molecule has 1 spiro atoms. The Balaban J connectivity index is 1.16. The van der Waals surface area contributed by atoms with Gasteiger partial charge in [0, 0.05) is 41.1 Å². The molecule has 0 bridgehead atoms. The standard InChI is InChI=1S/C29H36F4N6O5/c1-15-22(19(30)14-35-25(15)43-2)21-11-20(38-39(21)26-34-9-10-44-26)23(40)18-13-27(18)12-16(5-8-36-27)24(41)37-17-3-6-28(42,7-4-17)29(31,32)33/h11,14,16-18,26,34,36,42H,3-10,12-13H2,1-2H3,(H,37,41). The van der Waals surface area contributed by atoms with Crippen LogP contribution in [0.3, 0.4) is 0 Å². The number of nitrogens with zero attached hydrogens (tertiary/aromatic N) is 3. The van der Waals surface area contributed by atoms with Crippen molar-refractivity contribution in [2.45, 2.75) is 81.6 Å². The lowest BCUT2D eigenvalue weighted by Crippen LogP contribution is -2.53. The molecule has 15 heteroatoms. The zero-order valence-electron chi connectivity index (χ0n) is 24.5. The summed E-state index contributed by atoms with van der Waals surface area (Å²) in [6, 6.07) is 1.10. The average Bonchev–Trinajstić information content (AvgIpc) is 3.33. The van der Waals surface area contributed by atoms with Crippen LogP contribution in [0.1, 0.15) is 67.3 Å². The first kappa shape index (κ1) is 30.9. The van der Waals surface area contributed by atoms with Crippen molar-refractivity contribution in [3.05, 3.63) is 29.3 Å². The lowest BCUT2D eigenvalue weighted by atomic mass is 9.81. The molecular weight excluding hydrogens is 588 g/mol. The number of ether oxygens (including phenoxy) is 2. The van der Waals surface area contributed by atoms with Crippen LogP contribution in [-0.2, 0) is 9.53 Å². The number of pyridine rings is 1. The fourth-order valence-electron chi connectivity index (χ4n) is 6.96. The fraction of sp³-hybridized carbons (Fsp3) is 0.655. The van der Waals surface area contributed by atoms with Gasteiger partial charge < -0.3 is 25.2 Å². The highest BCUT2D eigenvalue weighted by molar-refractivity contribution is 6.00. The smallest absolute Gasteiger partial charge is 0.417 e. The highest BCUT2D eigenvalue weighted by Crippen LogP contribution is 2.52. The first-order chi connectivity index (χ1) is 20.9. The van der Waals surface area contributed by atoms with Gasteiger partial charge in [-0.2, -0.15) is 18.3 Å². The Morgan fingerprint density at radius 3 is 2.61 bits per heavy atom. The number of carbonyl (C=O) groups excluding carboxylic acids is 2. The Bertz CT molecular complexity index is 1440. The van der Waals surface area contributed by atoms with E-state index in [-0.39, 0.29) is 41.7 Å². The van der Waals surface area contributed by atoms with Crippen LogP contribution in [0.25, 0.3) is 11.3 Å². The van der Waals surface area contributed by atoms with Crippen molar-refractivity contribution >= 4 is 11.7 Å². The van der Waals surface area contributed by atoms with Crippen LogP contribution in [-0.4, -0.2) is 81.7 Å². The number of amides is 1. The number of hydrogen-bond donors (Lipinski definition) is 4. The van der Waals surface area contributed by atoms with E-state index in [1.807, 2.05) is 0 Å². The molecule has 6 rings (SSSR count). The Kier molecular flexibility index (Phi) is 7.95. The van der Waals surface area contributed by atoms with Gasteiger partial charge in [0.25, 0.3) is 0 Å².